The fourth-order valence-corrected chi connectivity index (χ4v) is 6.69. The second kappa shape index (κ2) is 9.94. The Morgan fingerprint density at radius 2 is 1.78 bits per heavy atom. The van der Waals surface area contributed by atoms with E-state index >= 15 is 0 Å². The van der Waals surface area contributed by atoms with Crippen LogP contribution >= 0.6 is 0 Å². The largest absolute Gasteiger partial charge is 0.508 e. The Kier molecular flexibility index (Phi) is 7.00. The second-order valence-electron chi connectivity index (χ2n) is 12.7. The summed E-state index contributed by atoms with van der Waals surface area (Å²) in [6, 6.07) is 11.2. The van der Waals surface area contributed by atoms with Crippen LogP contribution in [0.25, 0.3) is 0 Å². The fraction of sp³-hybridized carbons (Fsp3) is 0.515. The topological polar surface area (TPSA) is 49.7 Å². The number of allylic oxidation sites excluding steroid dienone is 4. The summed E-state index contributed by atoms with van der Waals surface area (Å²) in [5.74, 6) is 1.39. The van der Waals surface area contributed by atoms with E-state index in [1.54, 1.807) is 6.07 Å². The molecule has 1 saturated carbocycles. The predicted molar refractivity (Wildman–Crippen MR) is 146 cm³/mol. The Bertz CT molecular complexity index is 1200. The van der Waals surface area contributed by atoms with Crippen LogP contribution in [0.2, 0.25) is 0 Å². The summed E-state index contributed by atoms with van der Waals surface area (Å²) < 4.78 is 21.4. The molecule has 0 radical (unpaired) electrons. The minimum atomic E-state index is -0.369. The van der Waals surface area contributed by atoms with Gasteiger partial charge in [-0.3, -0.25) is 0 Å². The third kappa shape index (κ3) is 5.23. The van der Waals surface area contributed by atoms with E-state index < -0.39 is 0 Å². The minimum Gasteiger partial charge on any atom is -0.508 e. The highest BCUT2D eigenvalue weighted by molar-refractivity contribution is 5.45. The van der Waals surface area contributed by atoms with Gasteiger partial charge >= 0.3 is 0 Å². The van der Waals surface area contributed by atoms with Gasteiger partial charge in [-0.25, -0.2) is 4.39 Å². The molecule has 198 valence electrons. The number of phenols is 1. The molecule has 5 unspecified atom stereocenters. The quantitative estimate of drug-likeness (QED) is 0.405. The Balaban J connectivity index is 1.43. The summed E-state index contributed by atoms with van der Waals surface area (Å²) >= 11 is 0. The van der Waals surface area contributed by atoms with Crippen molar-refractivity contribution in [2.45, 2.75) is 84.8 Å². The zero-order valence-corrected chi connectivity index (χ0v) is 22.8. The van der Waals surface area contributed by atoms with Crippen molar-refractivity contribution < 1.29 is 19.3 Å². The van der Waals surface area contributed by atoms with Crippen molar-refractivity contribution in [1.82, 2.24) is 0 Å². The van der Waals surface area contributed by atoms with Crippen LogP contribution in [-0.4, -0.2) is 16.3 Å². The van der Waals surface area contributed by atoms with Crippen molar-refractivity contribution in [3.63, 3.8) is 0 Å². The van der Waals surface area contributed by atoms with Crippen molar-refractivity contribution in [3.8, 4) is 11.5 Å². The SMILES string of the molecule is CC(C)C1=CCC(C(C)(C)C)=CC1c1ccc(OC2c3cc(O)cc(F)c3CC2C2CCC(O)C2)cc1. The second-order valence-corrected chi connectivity index (χ2v) is 12.7. The van der Waals surface area contributed by atoms with Crippen molar-refractivity contribution in [2.75, 3.05) is 0 Å². The molecule has 5 rings (SSSR count). The molecule has 3 nitrogen and oxygen atoms in total. The van der Waals surface area contributed by atoms with Gasteiger partial charge < -0.3 is 14.9 Å². The molecule has 2 aromatic rings. The van der Waals surface area contributed by atoms with Gasteiger partial charge in [0.25, 0.3) is 0 Å². The van der Waals surface area contributed by atoms with E-state index in [0.29, 0.717) is 17.9 Å². The minimum absolute atomic E-state index is 0.0703. The van der Waals surface area contributed by atoms with E-state index in [0.717, 1.165) is 37.0 Å². The van der Waals surface area contributed by atoms with Crippen LogP contribution in [0.1, 0.15) is 89.0 Å². The van der Waals surface area contributed by atoms with Crippen LogP contribution in [0.15, 0.2) is 59.7 Å². The van der Waals surface area contributed by atoms with Gasteiger partial charge in [0, 0.05) is 23.5 Å². The number of rotatable bonds is 5. The van der Waals surface area contributed by atoms with Crippen molar-refractivity contribution >= 4 is 0 Å². The van der Waals surface area contributed by atoms with Crippen LogP contribution in [-0.2, 0) is 6.42 Å². The van der Waals surface area contributed by atoms with Gasteiger partial charge in [0.05, 0.1) is 6.10 Å². The summed E-state index contributed by atoms with van der Waals surface area (Å²) in [4.78, 5) is 0. The van der Waals surface area contributed by atoms with Gasteiger partial charge in [-0.05, 0) is 78.7 Å². The zero-order chi connectivity index (χ0) is 26.5. The third-order valence-corrected chi connectivity index (χ3v) is 8.82. The van der Waals surface area contributed by atoms with Gasteiger partial charge in [0.2, 0.25) is 0 Å². The first-order valence-electron chi connectivity index (χ1n) is 13.9. The number of halogens is 1. The molecule has 2 aromatic carbocycles. The van der Waals surface area contributed by atoms with E-state index in [4.69, 9.17) is 4.74 Å². The fourth-order valence-electron chi connectivity index (χ4n) is 6.69. The molecule has 5 atom stereocenters. The number of aliphatic hydroxyl groups is 1. The van der Waals surface area contributed by atoms with E-state index in [9.17, 15) is 14.6 Å². The molecule has 4 heteroatoms. The number of benzene rings is 2. The number of aliphatic hydroxyl groups excluding tert-OH is 1. The lowest BCUT2D eigenvalue weighted by atomic mass is 9.73. The Morgan fingerprint density at radius 3 is 2.41 bits per heavy atom. The van der Waals surface area contributed by atoms with Gasteiger partial charge in [-0.2, -0.15) is 0 Å². The van der Waals surface area contributed by atoms with Gasteiger partial charge in [0.15, 0.2) is 0 Å². The van der Waals surface area contributed by atoms with Gasteiger partial charge in [0.1, 0.15) is 23.4 Å². The molecule has 0 heterocycles. The van der Waals surface area contributed by atoms with Crippen molar-refractivity contribution in [3.05, 3.63) is 82.2 Å². The number of aromatic hydroxyl groups is 1. The van der Waals surface area contributed by atoms with Crippen LogP contribution in [0, 0.1) is 29.0 Å². The third-order valence-electron chi connectivity index (χ3n) is 8.82. The molecule has 37 heavy (non-hydrogen) atoms. The first kappa shape index (κ1) is 26.0. The molecule has 0 saturated heterocycles. The summed E-state index contributed by atoms with van der Waals surface area (Å²) in [6.07, 6.45) is 8.23. The molecule has 0 amide bonds. The first-order chi connectivity index (χ1) is 17.5. The van der Waals surface area contributed by atoms with Gasteiger partial charge in [-0.1, -0.05) is 70.0 Å². The number of fused-ring (bicyclic) bond motifs is 1. The standard InChI is InChI=1S/C33H41FO3/c1-19(2)26-13-9-22(33(3,4)5)15-27(26)20-7-11-25(12-8-20)37-32-28(21-6-10-23(35)14-21)18-29-30(32)16-24(36)17-31(29)34/h7-8,11-13,15-17,19,21,23,27-28,32,35-36H,6,9-10,14,18H2,1-5H3. The molecular formula is C33H41FO3. The van der Waals surface area contributed by atoms with Crippen LogP contribution in [0.3, 0.4) is 0 Å². The van der Waals surface area contributed by atoms with Crippen LogP contribution < -0.4 is 4.74 Å². The monoisotopic (exact) mass is 504 g/mol. The Labute approximate surface area is 221 Å². The van der Waals surface area contributed by atoms with E-state index in [2.05, 4.69) is 58.9 Å². The number of ether oxygens (including phenoxy) is 1. The molecule has 0 aromatic heterocycles. The smallest absolute Gasteiger partial charge is 0.130 e. The summed E-state index contributed by atoms with van der Waals surface area (Å²) in [5, 5.41) is 20.3. The molecule has 2 N–H and O–H groups in total. The number of hydrogen-bond acceptors (Lipinski definition) is 3. The summed E-state index contributed by atoms with van der Waals surface area (Å²) in [6.45, 7) is 11.4. The average Bonchev–Trinajstić information content (AvgIpc) is 3.42. The van der Waals surface area contributed by atoms with Crippen molar-refractivity contribution in [1.29, 1.82) is 0 Å². The zero-order valence-electron chi connectivity index (χ0n) is 22.8. The Morgan fingerprint density at radius 1 is 1.05 bits per heavy atom. The molecule has 0 aliphatic heterocycles. The number of phenolic OH excluding ortho intramolecular Hbond substituents is 1. The van der Waals surface area contributed by atoms with Crippen LogP contribution in [0.5, 0.6) is 11.5 Å². The summed E-state index contributed by atoms with van der Waals surface area (Å²) in [7, 11) is 0. The summed E-state index contributed by atoms with van der Waals surface area (Å²) in [5.41, 5.74) is 5.69. The van der Waals surface area contributed by atoms with Crippen molar-refractivity contribution in [2.24, 2.45) is 23.2 Å². The lowest BCUT2D eigenvalue weighted by Crippen LogP contribution is -2.22. The van der Waals surface area contributed by atoms with Crippen LogP contribution in [0.4, 0.5) is 4.39 Å². The lowest BCUT2D eigenvalue weighted by molar-refractivity contribution is 0.101. The molecule has 0 bridgehead atoms. The van der Waals surface area contributed by atoms with E-state index in [1.165, 1.54) is 22.8 Å². The van der Waals surface area contributed by atoms with E-state index in [-0.39, 0.29) is 46.9 Å². The highest BCUT2D eigenvalue weighted by Crippen LogP contribution is 2.49. The maximum Gasteiger partial charge on any atom is 0.130 e. The lowest BCUT2D eigenvalue weighted by Gasteiger charge is -2.32. The maximum atomic E-state index is 14.8. The normalized spacial score (nSPS) is 27.7. The highest BCUT2D eigenvalue weighted by Gasteiger charge is 2.43. The van der Waals surface area contributed by atoms with E-state index in [1.807, 2.05) is 12.1 Å². The maximum absolute atomic E-state index is 14.8. The Hall–Kier alpha value is -2.59. The average molecular weight is 505 g/mol. The molecule has 3 aliphatic carbocycles. The first-order valence-corrected chi connectivity index (χ1v) is 13.9. The molecule has 0 spiro atoms. The molecule has 1 fully saturated rings. The predicted octanol–water partition coefficient (Wildman–Crippen LogP) is 8.03. The number of hydrogen-bond donors (Lipinski definition) is 2. The molecule has 3 aliphatic rings. The van der Waals surface area contributed by atoms with Gasteiger partial charge in [-0.15, -0.1) is 0 Å². The molecular weight excluding hydrogens is 463 g/mol. The highest BCUT2D eigenvalue weighted by atomic mass is 19.1.